The molecule has 2 aromatic heterocycles. The lowest BCUT2D eigenvalue weighted by molar-refractivity contribution is -0.145. The first-order valence-corrected chi connectivity index (χ1v) is 11.7. The average molecular weight is 455 g/mol. The second-order valence-electron chi connectivity index (χ2n) is 7.82. The van der Waals surface area contributed by atoms with Gasteiger partial charge in [0.25, 0.3) is 5.56 Å². The zero-order chi connectivity index (χ0) is 22.7. The Morgan fingerprint density at radius 1 is 1.22 bits per heavy atom. The Labute approximate surface area is 190 Å². The van der Waals surface area contributed by atoms with Gasteiger partial charge in [-0.2, -0.15) is 0 Å². The summed E-state index contributed by atoms with van der Waals surface area (Å²) >= 11 is 1.46. The summed E-state index contributed by atoms with van der Waals surface area (Å²) in [6, 6.07) is 9.75. The third-order valence-electron chi connectivity index (χ3n) is 5.72. The highest BCUT2D eigenvalue weighted by Gasteiger charge is 2.33. The molecule has 168 valence electrons. The molecule has 1 aliphatic rings. The summed E-state index contributed by atoms with van der Waals surface area (Å²) in [4.78, 5) is 44.6. The molecule has 7 nitrogen and oxygen atoms in total. The predicted molar refractivity (Wildman–Crippen MR) is 122 cm³/mol. The van der Waals surface area contributed by atoms with Gasteiger partial charge in [0.15, 0.2) is 0 Å². The minimum atomic E-state index is -0.488. The van der Waals surface area contributed by atoms with Crippen molar-refractivity contribution in [2.75, 3.05) is 13.2 Å². The van der Waals surface area contributed by atoms with Gasteiger partial charge in [-0.15, -0.1) is 11.3 Å². The van der Waals surface area contributed by atoms with Crippen LogP contribution in [0.25, 0.3) is 10.2 Å². The van der Waals surface area contributed by atoms with Crippen molar-refractivity contribution in [3.63, 3.8) is 0 Å². The highest BCUT2D eigenvalue weighted by atomic mass is 32.1. The summed E-state index contributed by atoms with van der Waals surface area (Å²) in [5.41, 5.74) is 1.51. The fourth-order valence-electron chi connectivity index (χ4n) is 4.18. The van der Waals surface area contributed by atoms with E-state index in [4.69, 9.17) is 9.47 Å². The number of hydrogen-bond acceptors (Lipinski definition) is 7. The molecule has 0 fully saturated rings. The fraction of sp³-hybridized carbons (Fsp3) is 0.417. The van der Waals surface area contributed by atoms with E-state index in [-0.39, 0.29) is 24.7 Å². The number of thiophene rings is 1. The minimum Gasteiger partial charge on any atom is -0.466 e. The van der Waals surface area contributed by atoms with Crippen LogP contribution in [0.3, 0.4) is 0 Å². The van der Waals surface area contributed by atoms with Gasteiger partial charge in [0, 0.05) is 11.3 Å². The molecule has 8 heteroatoms. The van der Waals surface area contributed by atoms with E-state index in [1.807, 2.05) is 30.3 Å². The van der Waals surface area contributed by atoms with Gasteiger partial charge >= 0.3 is 11.9 Å². The number of benzene rings is 1. The van der Waals surface area contributed by atoms with E-state index in [0.717, 1.165) is 28.8 Å². The summed E-state index contributed by atoms with van der Waals surface area (Å²) < 4.78 is 12.0. The number of aryl methyl sites for hydroxylation is 2. The summed E-state index contributed by atoms with van der Waals surface area (Å²) in [7, 11) is 0. The lowest BCUT2D eigenvalue weighted by Gasteiger charge is -2.21. The number of ether oxygens (including phenoxy) is 2. The maximum absolute atomic E-state index is 13.4. The van der Waals surface area contributed by atoms with Crippen molar-refractivity contribution >= 4 is 33.5 Å². The highest BCUT2D eigenvalue weighted by molar-refractivity contribution is 7.18. The second kappa shape index (κ2) is 9.65. The Hall–Kier alpha value is -3.00. The maximum Gasteiger partial charge on any atom is 0.326 e. The first-order valence-electron chi connectivity index (χ1n) is 10.9. The van der Waals surface area contributed by atoms with E-state index in [1.165, 1.54) is 15.9 Å². The van der Waals surface area contributed by atoms with Gasteiger partial charge in [0.1, 0.15) is 17.2 Å². The second-order valence-corrected chi connectivity index (χ2v) is 8.91. The topological polar surface area (TPSA) is 87.5 Å². The molecule has 1 atom stereocenters. The van der Waals surface area contributed by atoms with Gasteiger partial charge in [-0.25, -0.2) is 4.98 Å². The molecular formula is C24H26N2O5S. The number of hydrogen-bond donors (Lipinski definition) is 0. The van der Waals surface area contributed by atoms with Crippen molar-refractivity contribution in [1.82, 2.24) is 9.55 Å². The number of nitrogens with zero attached hydrogens (tertiary/aromatic N) is 2. The van der Waals surface area contributed by atoms with Gasteiger partial charge in [-0.3, -0.25) is 19.0 Å². The molecule has 0 spiro atoms. The van der Waals surface area contributed by atoms with Gasteiger partial charge in [-0.1, -0.05) is 30.3 Å². The van der Waals surface area contributed by atoms with Crippen LogP contribution in [0, 0.1) is 6.92 Å². The molecule has 2 heterocycles. The Kier molecular flexibility index (Phi) is 6.69. The van der Waals surface area contributed by atoms with Crippen molar-refractivity contribution in [1.29, 1.82) is 0 Å². The molecule has 4 rings (SSSR count). The quantitative estimate of drug-likeness (QED) is 0.508. The third kappa shape index (κ3) is 4.46. The van der Waals surface area contributed by atoms with E-state index < -0.39 is 11.9 Å². The van der Waals surface area contributed by atoms with Crippen molar-refractivity contribution in [3.05, 3.63) is 62.5 Å². The van der Waals surface area contributed by atoms with Crippen LogP contribution < -0.4 is 5.56 Å². The van der Waals surface area contributed by atoms with Gasteiger partial charge < -0.3 is 9.47 Å². The normalized spacial score (nSPS) is 15.4. The van der Waals surface area contributed by atoms with E-state index in [1.54, 1.807) is 13.8 Å². The van der Waals surface area contributed by atoms with Crippen LogP contribution in [0.4, 0.5) is 0 Å². The van der Waals surface area contributed by atoms with Crippen molar-refractivity contribution in [2.24, 2.45) is 0 Å². The Morgan fingerprint density at radius 3 is 2.75 bits per heavy atom. The molecular weight excluding hydrogens is 428 g/mol. The smallest absolute Gasteiger partial charge is 0.326 e. The zero-order valence-electron chi connectivity index (χ0n) is 18.3. The molecule has 0 amide bonds. The fourth-order valence-corrected chi connectivity index (χ4v) is 5.50. The van der Waals surface area contributed by atoms with E-state index >= 15 is 0 Å². The first-order chi connectivity index (χ1) is 15.5. The van der Waals surface area contributed by atoms with Crippen LogP contribution in [0.5, 0.6) is 0 Å². The molecule has 1 unspecified atom stereocenters. The lowest BCUT2D eigenvalue weighted by Crippen LogP contribution is -2.29. The molecule has 1 aromatic carbocycles. The predicted octanol–water partition coefficient (Wildman–Crippen LogP) is 3.54. The van der Waals surface area contributed by atoms with Gasteiger partial charge in [0.05, 0.1) is 24.5 Å². The van der Waals surface area contributed by atoms with Crippen LogP contribution in [0.2, 0.25) is 0 Å². The number of carbonyl (C=O) groups excluding carboxylic acids is 2. The van der Waals surface area contributed by atoms with Crippen LogP contribution in [0.1, 0.15) is 47.5 Å². The number of fused-ring (bicyclic) bond motifs is 3. The number of esters is 2. The van der Waals surface area contributed by atoms with Crippen molar-refractivity contribution in [2.45, 2.75) is 52.0 Å². The van der Waals surface area contributed by atoms with Gasteiger partial charge in [0.2, 0.25) is 0 Å². The number of rotatable bonds is 7. The summed E-state index contributed by atoms with van der Waals surface area (Å²) in [6.07, 6.45) is 2.93. The molecule has 3 aromatic rings. The van der Waals surface area contributed by atoms with Crippen molar-refractivity contribution < 1.29 is 19.1 Å². The minimum absolute atomic E-state index is 0.211. The number of aromatic nitrogens is 2. The molecule has 0 bridgehead atoms. The van der Waals surface area contributed by atoms with E-state index in [2.05, 4.69) is 4.98 Å². The standard InChI is InChI=1S/C24H26N2O5S/c1-3-30-24(29)17-10-7-11-18-20(17)21-22(32-18)25-15(2)26(23(21)28)14-19(27)31-13-12-16-8-5-4-6-9-16/h4-6,8-9,17H,3,7,10-14H2,1-2H3. The Morgan fingerprint density at radius 2 is 2.00 bits per heavy atom. The molecule has 32 heavy (non-hydrogen) atoms. The molecule has 1 aliphatic carbocycles. The highest BCUT2D eigenvalue weighted by Crippen LogP contribution is 2.41. The Balaban J connectivity index is 1.59. The molecule has 0 saturated heterocycles. The monoisotopic (exact) mass is 454 g/mol. The SMILES string of the molecule is CCOC(=O)C1CCCc2sc3nc(C)n(CC(=O)OCCc4ccccc4)c(=O)c3c21. The third-order valence-corrected chi connectivity index (χ3v) is 6.88. The molecule has 0 aliphatic heterocycles. The van der Waals surface area contributed by atoms with E-state index in [9.17, 15) is 14.4 Å². The average Bonchev–Trinajstić information content (AvgIpc) is 3.15. The lowest BCUT2D eigenvalue weighted by atomic mass is 9.86. The molecule has 0 saturated carbocycles. The van der Waals surface area contributed by atoms with Gasteiger partial charge in [-0.05, 0) is 44.2 Å². The number of carbonyl (C=O) groups is 2. The zero-order valence-corrected chi connectivity index (χ0v) is 19.1. The van der Waals surface area contributed by atoms with Crippen LogP contribution in [0.15, 0.2) is 35.1 Å². The van der Waals surface area contributed by atoms with Crippen LogP contribution in [-0.2, 0) is 38.4 Å². The summed E-state index contributed by atoms with van der Waals surface area (Å²) in [6.45, 7) is 3.81. The summed E-state index contributed by atoms with van der Waals surface area (Å²) in [5.74, 6) is -0.803. The largest absolute Gasteiger partial charge is 0.466 e. The van der Waals surface area contributed by atoms with Crippen LogP contribution in [-0.4, -0.2) is 34.7 Å². The first kappa shape index (κ1) is 22.2. The van der Waals surface area contributed by atoms with E-state index in [0.29, 0.717) is 35.5 Å². The molecule has 0 N–H and O–H groups in total. The van der Waals surface area contributed by atoms with Crippen molar-refractivity contribution in [3.8, 4) is 0 Å². The maximum atomic E-state index is 13.4. The Bertz CT molecular complexity index is 1200. The summed E-state index contributed by atoms with van der Waals surface area (Å²) in [5, 5.41) is 0.436. The molecule has 0 radical (unpaired) electrons. The van der Waals surface area contributed by atoms with Crippen LogP contribution >= 0.6 is 11.3 Å².